The Morgan fingerprint density at radius 1 is 1.04 bits per heavy atom. The molecule has 1 fully saturated rings. The summed E-state index contributed by atoms with van der Waals surface area (Å²) in [5.74, 6) is -5.47. The van der Waals surface area contributed by atoms with E-state index in [-0.39, 0.29) is 11.1 Å². The number of halogens is 4. The van der Waals surface area contributed by atoms with Crippen LogP contribution in [0.25, 0.3) is 0 Å². The van der Waals surface area contributed by atoms with Gasteiger partial charge in [0.05, 0.1) is 6.04 Å². The summed E-state index contributed by atoms with van der Waals surface area (Å²) in [4.78, 5) is 24.3. The molecule has 1 heterocycles. The summed E-state index contributed by atoms with van der Waals surface area (Å²) in [6, 6.07) is 8.94. The Bertz CT molecular complexity index is 872. The molecule has 0 bridgehead atoms. The molecule has 3 rings (SSSR count). The van der Waals surface area contributed by atoms with Crippen molar-refractivity contribution in [2.75, 3.05) is 0 Å². The molecule has 3 atom stereocenters. The van der Waals surface area contributed by atoms with Gasteiger partial charge in [-0.25, -0.2) is 9.18 Å². The summed E-state index contributed by atoms with van der Waals surface area (Å²) in [7, 11) is 0. The van der Waals surface area contributed by atoms with Crippen molar-refractivity contribution in [1.29, 1.82) is 0 Å². The smallest absolute Gasteiger partial charge is 0.366 e. The summed E-state index contributed by atoms with van der Waals surface area (Å²) < 4.78 is 54.1. The Labute approximate surface area is 151 Å². The number of urea groups is 1. The number of hydrogen-bond donors (Lipinski definition) is 3. The summed E-state index contributed by atoms with van der Waals surface area (Å²) in [5.41, 5.74) is -3.17. The van der Waals surface area contributed by atoms with Crippen molar-refractivity contribution in [2.24, 2.45) is 5.92 Å². The van der Waals surface area contributed by atoms with E-state index in [9.17, 15) is 32.3 Å². The number of rotatable bonds is 3. The van der Waals surface area contributed by atoms with E-state index in [4.69, 9.17) is 0 Å². The molecule has 2 aromatic carbocycles. The fourth-order valence-electron chi connectivity index (χ4n) is 3.20. The molecule has 1 saturated heterocycles. The molecule has 5 nitrogen and oxygen atoms in total. The van der Waals surface area contributed by atoms with Crippen LogP contribution < -0.4 is 10.6 Å². The number of ketones is 1. The second-order valence-corrected chi connectivity index (χ2v) is 6.07. The van der Waals surface area contributed by atoms with Gasteiger partial charge in [0.1, 0.15) is 11.7 Å². The van der Waals surface area contributed by atoms with Crippen LogP contribution in [0.5, 0.6) is 0 Å². The first-order valence-corrected chi connectivity index (χ1v) is 7.86. The number of nitrogens with one attached hydrogen (secondary N) is 2. The molecular formula is C18H14F4N2O3. The highest BCUT2D eigenvalue weighted by Gasteiger charge is 2.59. The Balaban J connectivity index is 2.21. The van der Waals surface area contributed by atoms with E-state index < -0.39 is 41.5 Å². The van der Waals surface area contributed by atoms with Gasteiger partial charge in [-0.05, 0) is 6.07 Å². The lowest BCUT2D eigenvalue weighted by molar-refractivity contribution is -0.190. The van der Waals surface area contributed by atoms with Crippen LogP contribution in [0, 0.1) is 11.7 Å². The maximum atomic E-state index is 14.2. The minimum Gasteiger partial charge on any atom is -0.366 e. The molecule has 0 radical (unpaired) electrons. The normalized spacial score (nSPS) is 25.4. The maximum absolute atomic E-state index is 14.2. The zero-order valence-corrected chi connectivity index (χ0v) is 13.6. The first-order chi connectivity index (χ1) is 12.6. The number of carbonyl (C=O) groups excluding carboxylic acids is 2. The standard InChI is InChI=1S/C18H14F4N2O3/c19-12-9-5-4-8-11(12)14-13(15(25)18(20,21)22)17(27,24-16(26)23-14)10-6-2-1-3-7-10/h1-9,13-14,27H,(H2,23,24,26)/t13-,14-,17+/m0/s1. The second kappa shape index (κ2) is 6.66. The largest absolute Gasteiger partial charge is 0.450 e. The van der Waals surface area contributed by atoms with Crippen molar-refractivity contribution in [3.8, 4) is 0 Å². The Hall–Kier alpha value is -2.94. The van der Waals surface area contributed by atoms with Crippen LogP contribution in [-0.2, 0) is 10.5 Å². The molecule has 0 aliphatic carbocycles. The van der Waals surface area contributed by atoms with Gasteiger partial charge in [-0.15, -0.1) is 0 Å². The van der Waals surface area contributed by atoms with Crippen molar-refractivity contribution in [2.45, 2.75) is 17.9 Å². The number of Topliss-reactive ketones (excluding diaryl/α,β-unsaturated/α-hetero) is 1. The van der Waals surface area contributed by atoms with Gasteiger partial charge in [-0.3, -0.25) is 4.79 Å². The van der Waals surface area contributed by atoms with Crippen LogP contribution in [0.3, 0.4) is 0 Å². The van der Waals surface area contributed by atoms with Crippen LogP contribution in [-0.4, -0.2) is 23.1 Å². The number of benzene rings is 2. The van der Waals surface area contributed by atoms with E-state index in [1.807, 2.05) is 5.32 Å². The highest BCUT2D eigenvalue weighted by atomic mass is 19.4. The molecule has 27 heavy (non-hydrogen) atoms. The number of carbonyl (C=O) groups is 2. The summed E-state index contributed by atoms with van der Waals surface area (Å²) in [6.45, 7) is 0. The SMILES string of the molecule is O=C1N[C@@H](c2ccccc2F)[C@@H](C(=O)C(F)(F)F)[C@](O)(c2ccccc2)N1. The number of hydrogen-bond acceptors (Lipinski definition) is 3. The van der Waals surface area contributed by atoms with E-state index in [1.165, 1.54) is 36.4 Å². The van der Waals surface area contributed by atoms with E-state index in [2.05, 4.69) is 5.32 Å². The second-order valence-electron chi connectivity index (χ2n) is 6.07. The van der Waals surface area contributed by atoms with Crippen molar-refractivity contribution in [3.05, 3.63) is 71.5 Å². The molecule has 0 saturated carbocycles. The van der Waals surface area contributed by atoms with Gasteiger partial charge in [0.2, 0.25) is 5.78 Å². The molecule has 0 unspecified atom stereocenters. The average Bonchev–Trinajstić information content (AvgIpc) is 2.61. The monoisotopic (exact) mass is 382 g/mol. The van der Waals surface area contributed by atoms with Gasteiger partial charge in [0.15, 0.2) is 5.72 Å². The van der Waals surface area contributed by atoms with Crippen LogP contribution >= 0.6 is 0 Å². The number of aliphatic hydroxyl groups is 1. The molecule has 9 heteroatoms. The van der Waals surface area contributed by atoms with Gasteiger partial charge < -0.3 is 15.7 Å². The van der Waals surface area contributed by atoms with Gasteiger partial charge in [-0.2, -0.15) is 13.2 Å². The third-order valence-corrected chi connectivity index (χ3v) is 4.39. The minimum atomic E-state index is -5.32. The highest BCUT2D eigenvalue weighted by molar-refractivity contribution is 5.91. The Morgan fingerprint density at radius 3 is 2.22 bits per heavy atom. The molecule has 0 aromatic heterocycles. The first kappa shape index (κ1) is 18.8. The highest BCUT2D eigenvalue weighted by Crippen LogP contribution is 2.43. The third-order valence-electron chi connectivity index (χ3n) is 4.39. The van der Waals surface area contributed by atoms with Crippen LogP contribution in [0.15, 0.2) is 54.6 Å². The first-order valence-electron chi connectivity index (χ1n) is 7.86. The quantitative estimate of drug-likeness (QED) is 0.715. The molecular weight excluding hydrogens is 368 g/mol. The van der Waals surface area contributed by atoms with Crippen LogP contribution in [0.2, 0.25) is 0 Å². The molecule has 1 aliphatic rings. The van der Waals surface area contributed by atoms with E-state index in [0.29, 0.717) is 0 Å². The molecule has 3 N–H and O–H groups in total. The molecule has 142 valence electrons. The lowest BCUT2D eigenvalue weighted by Crippen LogP contribution is -2.66. The van der Waals surface area contributed by atoms with E-state index in [0.717, 1.165) is 12.1 Å². The van der Waals surface area contributed by atoms with Gasteiger partial charge in [0.25, 0.3) is 0 Å². The molecule has 1 aliphatic heterocycles. The van der Waals surface area contributed by atoms with Gasteiger partial charge in [-0.1, -0.05) is 48.5 Å². The Morgan fingerprint density at radius 2 is 1.63 bits per heavy atom. The molecule has 0 spiro atoms. The van der Waals surface area contributed by atoms with E-state index in [1.54, 1.807) is 6.07 Å². The lowest BCUT2D eigenvalue weighted by Gasteiger charge is -2.45. The van der Waals surface area contributed by atoms with Crippen molar-refractivity contribution in [1.82, 2.24) is 10.6 Å². The lowest BCUT2D eigenvalue weighted by atomic mass is 9.76. The topological polar surface area (TPSA) is 78.4 Å². The molecule has 2 aromatic rings. The van der Waals surface area contributed by atoms with Crippen molar-refractivity contribution >= 4 is 11.8 Å². The summed E-state index contributed by atoms with van der Waals surface area (Å²) in [6.07, 6.45) is -5.32. The van der Waals surface area contributed by atoms with E-state index >= 15 is 0 Å². The van der Waals surface area contributed by atoms with Crippen LogP contribution in [0.1, 0.15) is 17.2 Å². The fourth-order valence-corrected chi connectivity index (χ4v) is 3.20. The Kier molecular flexibility index (Phi) is 4.64. The fraction of sp³-hybridized carbons (Fsp3) is 0.222. The van der Waals surface area contributed by atoms with Crippen LogP contribution in [0.4, 0.5) is 22.4 Å². The zero-order chi connectivity index (χ0) is 19.8. The maximum Gasteiger partial charge on any atom is 0.450 e. The number of amides is 2. The predicted molar refractivity (Wildman–Crippen MR) is 85.7 cm³/mol. The average molecular weight is 382 g/mol. The summed E-state index contributed by atoms with van der Waals surface area (Å²) in [5, 5.41) is 15.1. The van der Waals surface area contributed by atoms with Gasteiger partial charge in [0, 0.05) is 11.1 Å². The number of alkyl halides is 3. The molecule has 2 amide bonds. The minimum absolute atomic E-state index is 0.135. The summed E-state index contributed by atoms with van der Waals surface area (Å²) >= 11 is 0. The zero-order valence-electron chi connectivity index (χ0n) is 13.6. The third kappa shape index (κ3) is 3.37. The van der Waals surface area contributed by atoms with Crippen molar-refractivity contribution < 1.29 is 32.3 Å². The van der Waals surface area contributed by atoms with Crippen molar-refractivity contribution in [3.63, 3.8) is 0 Å². The predicted octanol–water partition coefficient (Wildman–Crippen LogP) is 2.77. The van der Waals surface area contributed by atoms with Gasteiger partial charge >= 0.3 is 12.2 Å².